The molecular weight excluding hydrogens is 192 g/mol. The molecule has 0 bridgehead atoms. The molecule has 1 fully saturated rings. The molecule has 1 rings (SSSR count). The Bertz CT molecular complexity index is 243. The molecule has 3 nitrogen and oxygen atoms in total. The smallest absolute Gasteiger partial charge is 0.185 e. The molecule has 0 spiro atoms. The summed E-state index contributed by atoms with van der Waals surface area (Å²) in [4.78, 5) is 0. The van der Waals surface area contributed by atoms with Crippen LogP contribution in [0, 0.1) is 17.2 Å². The fourth-order valence-corrected chi connectivity index (χ4v) is 3.33. The van der Waals surface area contributed by atoms with Crippen molar-refractivity contribution >= 4 is 8.32 Å². The largest absolute Gasteiger partial charge is 0.400 e. The summed E-state index contributed by atoms with van der Waals surface area (Å²) in [6, 6.07) is 2.40. The second-order valence-corrected chi connectivity index (χ2v) is 9.50. The Balaban J connectivity index is 2.80. The monoisotopic (exact) mass is 212 g/mol. The van der Waals surface area contributed by atoms with Crippen LogP contribution in [0.3, 0.4) is 0 Å². The van der Waals surface area contributed by atoms with Gasteiger partial charge in [0.15, 0.2) is 8.32 Å². The van der Waals surface area contributed by atoms with Gasteiger partial charge in [0.25, 0.3) is 0 Å². The molecule has 80 valence electrons. The lowest BCUT2D eigenvalue weighted by Crippen LogP contribution is -2.54. The molecule has 4 heteroatoms. The molecule has 0 radical (unpaired) electrons. The summed E-state index contributed by atoms with van der Waals surface area (Å²) in [6.45, 7) is 10.3. The van der Waals surface area contributed by atoms with Gasteiger partial charge in [-0.05, 0) is 26.2 Å². The maximum absolute atomic E-state index is 9.29. The summed E-state index contributed by atoms with van der Waals surface area (Å²) in [5, 5.41) is 12.6. The van der Waals surface area contributed by atoms with Gasteiger partial charge in [-0.3, -0.25) is 0 Å². The van der Waals surface area contributed by atoms with E-state index in [2.05, 4.69) is 38.0 Å². The molecule has 0 aromatic carbocycles. The van der Waals surface area contributed by atoms with Gasteiger partial charge in [0.1, 0.15) is 5.60 Å². The first-order chi connectivity index (χ1) is 6.40. The van der Waals surface area contributed by atoms with Crippen LogP contribution >= 0.6 is 0 Å². The van der Waals surface area contributed by atoms with Gasteiger partial charge in [-0.25, -0.2) is 0 Å². The van der Waals surface area contributed by atoms with E-state index in [1.807, 2.05) is 0 Å². The van der Waals surface area contributed by atoms with E-state index in [1.54, 1.807) is 0 Å². The van der Waals surface area contributed by atoms with Crippen molar-refractivity contribution in [1.29, 1.82) is 5.26 Å². The van der Waals surface area contributed by atoms with Crippen LogP contribution in [0.5, 0.6) is 0 Å². The maximum atomic E-state index is 9.29. The molecular formula is C10H20N2OSi. The zero-order chi connectivity index (χ0) is 10.8. The standard InChI is InChI=1S/C10H20N2OSi/c1-9-7-12-6-5-10(9,8-11)13-14(2,3)4/h9,12H,5-7H2,1-4H3. The number of nitrogens with zero attached hydrogens (tertiary/aromatic N) is 1. The average molecular weight is 212 g/mol. The van der Waals surface area contributed by atoms with Crippen molar-refractivity contribution in [3.8, 4) is 6.07 Å². The van der Waals surface area contributed by atoms with E-state index >= 15 is 0 Å². The van der Waals surface area contributed by atoms with E-state index in [-0.39, 0.29) is 5.92 Å². The zero-order valence-corrected chi connectivity index (χ0v) is 10.6. The minimum atomic E-state index is -1.63. The first kappa shape index (κ1) is 11.7. The molecule has 0 aromatic heterocycles. The lowest BCUT2D eigenvalue weighted by atomic mass is 9.84. The summed E-state index contributed by atoms with van der Waals surface area (Å²) < 4.78 is 6.07. The highest BCUT2D eigenvalue weighted by Crippen LogP contribution is 2.31. The predicted octanol–water partition coefficient (Wildman–Crippen LogP) is 1.73. The van der Waals surface area contributed by atoms with Crippen LogP contribution in [0.15, 0.2) is 0 Å². The minimum absolute atomic E-state index is 0.285. The molecule has 1 aliphatic rings. The second kappa shape index (κ2) is 4.01. The first-order valence-electron chi connectivity index (χ1n) is 5.22. The SMILES string of the molecule is CC1CNCCC1(C#N)O[Si](C)(C)C. The summed E-state index contributed by atoms with van der Waals surface area (Å²) in [6.07, 6.45) is 0.814. The Hall–Kier alpha value is -0.373. The van der Waals surface area contributed by atoms with Crippen LogP contribution in [-0.2, 0) is 4.43 Å². The number of hydrogen-bond donors (Lipinski definition) is 1. The molecule has 0 aliphatic carbocycles. The molecule has 0 saturated carbocycles. The van der Waals surface area contributed by atoms with Gasteiger partial charge in [-0.1, -0.05) is 6.92 Å². The van der Waals surface area contributed by atoms with E-state index in [0.29, 0.717) is 0 Å². The van der Waals surface area contributed by atoms with Gasteiger partial charge >= 0.3 is 0 Å². The Morgan fingerprint density at radius 2 is 2.14 bits per heavy atom. The van der Waals surface area contributed by atoms with Gasteiger partial charge < -0.3 is 9.74 Å². The van der Waals surface area contributed by atoms with Crippen molar-refractivity contribution in [2.24, 2.45) is 5.92 Å². The third kappa shape index (κ3) is 2.56. The van der Waals surface area contributed by atoms with Crippen molar-refractivity contribution < 1.29 is 4.43 Å². The average Bonchev–Trinajstić information content (AvgIpc) is 2.07. The second-order valence-electron chi connectivity index (χ2n) is 5.07. The molecule has 2 atom stereocenters. The highest BCUT2D eigenvalue weighted by Gasteiger charge is 2.42. The number of hydrogen-bond acceptors (Lipinski definition) is 3. The minimum Gasteiger partial charge on any atom is -0.400 e. The van der Waals surface area contributed by atoms with Gasteiger partial charge in [-0.2, -0.15) is 5.26 Å². The molecule has 0 amide bonds. The van der Waals surface area contributed by atoms with E-state index in [4.69, 9.17) is 4.43 Å². The number of piperidine rings is 1. The lowest BCUT2D eigenvalue weighted by molar-refractivity contribution is 0.0365. The van der Waals surface area contributed by atoms with Crippen LogP contribution in [0.25, 0.3) is 0 Å². The fraction of sp³-hybridized carbons (Fsp3) is 0.900. The van der Waals surface area contributed by atoms with Crippen molar-refractivity contribution in [1.82, 2.24) is 5.32 Å². The maximum Gasteiger partial charge on any atom is 0.185 e. The third-order valence-corrected chi connectivity index (χ3v) is 3.57. The quantitative estimate of drug-likeness (QED) is 0.709. The van der Waals surface area contributed by atoms with Gasteiger partial charge in [0, 0.05) is 18.9 Å². The number of nitrogens with one attached hydrogen (secondary N) is 1. The van der Waals surface area contributed by atoms with Gasteiger partial charge in [-0.15, -0.1) is 0 Å². The van der Waals surface area contributed by atoms with Crippen molar-refractivity contribution in [3.05, 3.63) is 0 Å². The van der Waals surface area contributed by atoms with Crippen molar-refractivity contribution in [3.63, 3.8) is 0 Å². The highest BCUT2D eigenvalue weighted by atomic mass is 28.4. The molecule has 1 heterocycles. The first-order valence-corrected chi connectivity index (χ1v) is 8.63. The highest BCUT2D eigenvalue weighted by molar-refractivity contribution is 6.69. The van der Waals surface area contributed by atoms with E-state index < -0.39 is 13.9 Å². The molecule has 1 aliphatic heterocycles. The molecule has 0 aromatic rings. The Kier molecular flexibility index (Phi) is 3.35. The topological polar surface area (TPSA) is 45.0 Å². The number of rotatable bonds is 2. The van der Waals surface area contributed by atoms with Crippen LogP contribution < -0.4 is 5.32 Å². The fourth-order valence-electron chi connectivity index (χ4n) is 1.89. The van der Waals surface area contributed by atoms with Crippen LogP contribution in [-0.4, -0.2) is 27.0 Å². The summed E-state index contributed by atoms with van der Waals surface area (Å²) >= 11 is 0. The summed E-state index contributed by atoms with van der Waals surface area (Å²) in [5.41, 5.74) is -0.532. The van der Waals surface area contributed by atoms with Crippen LogP contribution in [0.1, 0.15) is 13.3 Å². The van der Waals surface area contributed by atoms with Crippen molar-refractivity contribution in [2.75, 3.05) is 13.1 Å². The number of nitriles is 1. The van der Waals surface area contributed by atoms with Crippen molar-refractivity contribution in [2.45, 2.75) is 38.6 Å². The third-order valence-electron chi connectivity index (χ3n) is 2.60. The molecule has 1 saturated heterocycles. The van der Waals surface area contributed by atoms with Gasteiger partial charge in [0.2, 0.25) is 0 Å². The normalized spacial score (nSPS) is 33.8. The Labute approximate surface area is 87.6 Å². The van der Waals surface area contributed by atoms with E-state index in [0.717, 1.165) is 19.5 Å². The van der Waals surface area contributed by atoms with E-state index in [1.165, 1.54) is 0 Å². The zero-order valence-electron chi connectivity index (χ0n) is 9.55. The summed E-state index contributed by atoms with van der Waals surface area (Å²) in [5.74, 6) is 0.285. The lowest BCUT2D eigenvalue weighted by Gasteiger charge is -2.41. The van der Waals surface area contributed by atoms with Gasteiger partial charge in [0.05, 0.1) is 6.07 Å². The van der Waals surface area contributed by atoms with Crippen LogP contribution in [0.4, 0.5) is 0 Å². The summed E-state index contributed by atoms with van der Waals surface area (Å²) in [7, 11) is -1.63. The predicted molar refractivity (Wildman–Crippen MR) is 59.4 cm³/mol. The molecule has 2 unspecified atom stereocenters. The Morgan fingerprint density at radius 3 is 2.57 bits per heavy atom. The molecule has 1 N–H and O–H groups in total. The van der Waals surface area contributed by atoms with E-state index in [9.17, 15) is 5.26 Å². The Morgan fingerprint density at radius 1 is 1.50 bits per heavy atom. The molecule has 14 heavy (non-hydrogen) atoms. The van der Waals surface area contributed by atoms with Crippen LogP contribution in [0.2, 0.25) is 19.6 Å².